The first-order valence-corrected chi connectivity index (χ1v) is 9.93. The van der Waals surface area contributed by atoms with Crippen LogP contribution in [0.2, 0.25) is 0 Å². The highest BCUT2D eigenvalue weighted by molar-refractivity contribution is 5.85. The number of rotatable bonds is 7. The Kier molecular flexibility index (Phi) is 7.69. The standard InChI is InChI=1S/C21H34N4O3/c1-6-28-18-10-8-7-9-17(18)25-13-11-24(12-14-25)16-20(27)23(5)15-19(26)22-21(2,3)4/h7-10H,6,11-16H2,1-5H3,(H,22,26). The molecule has 7 nitrogen and oxygen atoms in total. The number of nitrogens with one attached hydrogen (secondary N) is 1. The SMILES string of the molecule is CCOc1ccccc1N1CCN(CC(=O)N(C)CC(=O)NC(C)(C)C)CC1. The molecule has 1 aliphatic rings. The van der Waals surface area contributed by atoms with E-state index in [4.69, 9.17) is 4.74 Å². The lowest BCUT2D eigenvalue weighted by Gasteiger charge is -2.36. The average Bonchev–Trinajstić information content (AvgIpc) is 2.61. The molecule has 0 spiro atoms. The van der Waals surface area contributed by atoms with Gasteiger partial charge < -0.3 is 19.9 Å². The minimum Gasteiger partial charge on any atom is -0.492 e. The molecule has 2 amide bonds. The molecule has 7 heteroatoms. The molecule has 2 rings (SSSR count). The maximum absolute atomic E-state index is 12.5. The Morgan fingerprint density at radius 3 is 2.39 bits per heavy atom. The van der Waals surface area contributed by atoms with E-state index >= 15 is 0 Å². The van der Waals surface area contributed by atoms with E-state index in [2.05, 4.69) is 21.2 Å². The summed E-state index contributed by atoms with van der Waals surface area (Å²) in [5.74, 6) is 0.729. The molecular formula is C21H34N4O3. The summed E-state index contributed by atoms with van der Waals surface area (Å²) < 4.78 is 5.73. The molecule has 1 fully saturated rings. The van der Waals surface area contributed by atoms with Gasteiger partial charge in [-0.1, -0.05) is 12.1 Å². The van der Waals surface area contributed by atoms with Crippen molar-refractivity contribution < 1.29 is 14.3 Å². The third-order valence-corrected chi connectivity index (χ3v) is 4.56. The largest absolute Gasteiger partial charge is 0.492 e. The van der Waals surface area contributed by atoms with E-state index in [9.17, 15) is 9.59 Å². The molecule has 28 heavy (non-hydrogen) atoms. The van der Waals surface area contributed by atoms with Gasteiger partial charge in [0.25, 0.3) is 0 Å². The monoisotopic (exact) mass is 390 g/mol. The topological polar surface area (TPSA) is 65.1 Å². The molecule has 0 saturated carbocycles. The van der Waals surface area contributed by atoms with Gasteiger partial charge in [-0.3, -0.25) is 14.5 Å². The number of benzene rings is 1. The van der Waals surface area contributed by atoms with Gasteiger partial charge in [-0.15, -0.1) is 0 Å². The molecule has 0 aromatic heterocycles. The summed E-state index contributed by atoms with van der Waals surface area (Å²) in [6, 6.07) is 8.07. The fourth-order valence-electron chi connectivity index (χ4n) is 3.22. The van der Waals surface area contributed by atoms with Crippen LogP contribution in [0.25, 0.3) is 0 Å². The first-order chi connectivity index (χ1) is 13.2. The normalized spacial score (nSPS) is 15.2. The Labute approximate surface area is 168 Å². The van der Waals surface area contributed by atoms with Crippen molar-refractivity contribution in [1.82, 2.24) is 15.1 Å². The Bertz CT molecular complexity index is 664. The van der Waals surface area contributed by atoms with E-state index in [1.54, 1.807) is 7.05 Å². The van der Waals surface area contributed by atoms with Gasteiger partial charge >= 0.3 is 0 Å². The molecule has 1 aliphatic heterocycles. The number of hydrogen-bond donors (Lipinski definition) is 1. The van der Waals surface area contributed by atoms with Gasteiger partial charge in [-0.2, -0.15) is 0 Å². The molecule has 1 aromatic carbocycles. The third-order valence-electron chi connectivity index (χ3n) is 4.56. The first kappa shape index (κ1) is 22.0. The maximum atomic E-state index is 12.5. The van der Waals surface area contributed by atoms with Crippen LogP contribution in [0.15, 0.2) is 24.3 Å². The molecule has 0 aliphatic carbocycles. The Morgan fingerprint density at radius 1 is 1.14 bits per heavy atom. The Hall–Kier alpha value is -2.28. The van der Waals surface area contributed by atoms with Crippen LogP contribution in [-0.2, 0) is 9.59 Å². The highest BCUT2D eigenvalue weighted by Crippen LogP contribution is 2.28. The number of hydrogen-bond acceptors (Lipinski definition) is 5. The Morgan fingerprint density at radius 2 is 1.79 bits per heavy atom. The van der Waals surface area contributed by atoms with Gasteiger partial charge in [0.2, 0.25) is 11.8 Å². The minimum absolute atomic E-state index is 0.0350. The van der Waals surface area contributed by atoms with Crippen LogP contribution in [0.5, 0.6) is 5.75 Å². The zero-order valence-electron chi connectivity index (χ0n) is 17.8. The number of carbonyl (C=O) groups is 2. The fraction of sp³-hybridized carbons (Fsp3) is 0.619. The minimum atomic E-state index is -0.297. The molecule has 0 radical (unpaired) electrons. The highest BCUT2D eigenvalue weighted by Gasteiger charge is 2.23. The van der Waals surface area contributed by atoms with Crippen molar-refractivity contribution in [2.24, 2.45) is 0 Å². The van der Waals surface area contributed by atoms with Gasteiger partial charge in [0, 0.05) is 38.8 Å². The summed E-state index contributed by atoms with van der Waals surface area (Å²) in [5.41, 5.74) is 0.807. The quantitative estimate of drug-likeness (QED) is 0.766. The number of amides is 2. The molecular weight excluding hydrogens is 356 g/mol. The Balaban J connectivity index is 1.82. The molecule has 1 heterocycles. The summed E-state index contributed by atoms with van der Waals surface area (Å²) >= 11 is 0. The van der Waals surface area contributed by atoms with Crippen molar-refractivity contribution in [3.63, 3.8) is 0 Å². The van der Waals surface area contributed by atoms with E-state index < -0.39 is 0 Å². The van der Waals surface area contributed by atoms with E-state index in [-0.39, 0.29) is 23.9 Å². The summed E-state index contributed by atoms with van der Waals surface area (Å²) in [4.78, 5) is 30.4. The maximum Gasteiger partial charge on any atom is 0.240 e. The van der Waals surface area contributed by atoms with Crippen molar-refractivity contribution in [3.05, 3.63) is 24.3 Å². The summed E-state index contributed by atoms with van der Waals surface area (Å²) in [6.07, 6.45) is 0. The summed E-state index contributed by atoms with van der Waals surface area (Å²) in [5, 5.41) is 2.88. The van der Waals surface area contributed by atoms with Crippen LogP contribution in [-0.4, -0.2) is 80.1 Å². The number of para-hydroxylation sites is 2. The molecule has 1 aromatic rings. The van der Waals surface area contributed by atoms with Crippen molar-refractivity contribution in [2.75, 3.05) is 57.8 Å². The van der Waals surface area contributed by atoms with Crippen LogP contribution in [0.1, 0.15) is 27.7 Å². The number of piperazine rings is 1. The van der Waals surface area contributed by atoms with Crippen molar-refractivity contribution >= 4 is 17.5 Å². The molecule has 1 N–H and O–H groups in total. The number of nitrogens with zero attached hydrogens (tertiary/aromatic N) is 3. The first-order valence-electron chi connectivity index (χ1n) is 9.93. The highest BCUT2D eigenvalue weighted by atomic mass is 16.5. The number of anilines is 1. The molecule has 156 valence electrons. The zero-order valence-corrected chi connectivity index (χ0v) is 17.8. The molecule has 1 saturated heterocycles. The molecule has 0 bridgehead atoms. The van der Waals surface area contributed by atoms with E-state index in [1.807, 2.05) is 45.9 Å². The lowest BCUT2D eigenvalue weighted by Crippen LogP contribution is -2.51. The fourth-order valence-corrected chi connectivity index (χ4v) is 3.22. The van der Waals surface area contributed by atoms with Crippen LogP contribution in [0.4, 0.5) is 5.69 Å². The van der Waals surface area contributed by atoms with Crippen molar-refractivity contribution in [1.29, 1.82) is 0 Å². The lowest BCUT2D eigenvalue weighted by molar-refractivity contribution is -0.136. The second-order valence-electron chi connectivity index (χ2n) is 8.21. The predicted octanol–water partition coefficient (Wildman–Crippen LogP) is 1.58. The summed E-state index contributed by atoms with van der Waals surface area (Å²) in [6.45, 7) is 12.1. The van der Waals surface area contributed by atoms with Gasteiger partial charge in [-0.05, 0) is 39.8 Å². The van der Waals surface area contributed by atoms with Gasteiger partial charge in [0.15, 0.2) is 0 Å². The van der Waals surface area contributed by atoms with E-state index in [0.717, 1.165) is 37.6 Å². The average molecular weight is 391 g/mol. The smallest absolute Gasteiger partial charge is 0.240 e. The predicted molar refractivity (Wildman–Crippen MR) is 112 cm³/mol. The number of carbonyl (C=O) groups excluding carboxylic acids is 2. The van der Waals surface area contributed by atoms with Crippen molar-refractivity contribution in [3.8, 4) is 5.75 Å². The third kappa shape index (κ3) is 6.71. The molecule has 0 unspecified atom stereocenters. The van der Waals surface area contributed by atoms with E-state index in [0.29, 0.717) is 13.2 Å². The van der Waals surface area contributed by atoms with Crippen LogP contribution in [0, 0.1) is 0 Å². The zero-order chi connectivity index (χ0) is 20.7. The number of ether oxygens (including phenoxy) is 1. The van der Waals surface area contributed by atoms with Gasteiger partial charge in [-0.25, -0.2) is 0 Å². The summed E-state index contributed by atoms with van der Waals surface area (Å²) in [7, 11) is 1.68. The van der Waals surface area contributed by atoms with Crippen molar-refractivity contribution in [2.45, 2.75) is 33.2 Å². The van der Waals surface area contributed by atoms with Crippen LogP contribution >= 0.6 is 0 Å². The van der Waals surface area contributed by atoms with Crippen LogP contribution < -0.4 is 15.0 Å². The van der Waals surface area contributed by atoms with Crippen LogP contribution in [0.3, 0.4) is 0 Å². The van der Waals surface area contributed by atoms with Gasteiger partial charge in [0.1, 0.15) is 5.75 Å². The second kappa shape index (κ2) is 9.78. The second-order valence-corrected chi connectivity index (χ2v) is 8.21. The lowest BCUT2D eigenvalue weighted by atomic mass is 10.1. The number of likely N-dealkylation sites (N-methyl/N-ethyl adjacent to an activating group) is 1. The van der Waals surface area contributed by atoms with Gasteiger partial charge in [0.05, 0.1) is 25.4 Å². The van der Waals surface area contributed by atoms with E-state index in [1.165, 1.54) is 4.90 Å². The molecule has 0 atom stereocenters.